The van der Waals surface area contributed by atoms with Crippen LogP contribution < -0.4 is 5.32 Å². The number of carbonyl (C=O) groups excluding carboxylic acids is 2. The highest BCUT2D eigenvalue weighted by molar-refractivity contribution is 6.10. The second-order valence-electron chi connectivity index (χ2n) is 8.41. The Balaban J connectivity index is 1.35. The molecule has 2 aliphatic heterocycles. The summed E-state index contributed by atoms with van der Waals surface area (Å²) < 4.78 is 0. The molecular formula is C24H27N3O2. The molecule has 5 heteroatoms. The molecule has 0 radical (unpaired) electrons. The Hall–Kier alpha value is -2.92. The zero-order valence-corrected chi connectivity index (χ0v) is 17.1. The lowest BCUT2D eigenvalue weighted by Crippen LogP contribution is -2.54. The predicted octanol–water partition coefficient (Wildman–Crippen LogP) is 3.07. The lowest BCUT2D eigenvalue weighted by Gasteiger charge is -2.41. The van der Waals surface area contributed by atoms with E-state index in [0.717, 1.165) is 25.1 Å². The Morgan fingerprint density at radius 3 is 2.45 bits per heavy atom. The summed E-state index contributed by atoms with van der Waals surface area (Å²) in [5, 5.41) is 3.02. The molecule has 0 fully saturated rings. The zero-order valence-electron chi connectivity index (χ0n) is 17.1. The van der Waals surface area contributed by atoms with Gasteiger partial charge in [-0.2, -0.15) is 0 Å². The van der Waals surface area contributed by atoms with Gasteiger partial charge in [0.15, 0.2) is 0 Å². The highest BCUT2D eigenvalue weighted by atomic mass is 16.2. The van der Waals surface area contributed by atoms with Crippen molar-refractivity contribution in [3.8, 4) is 0 Å². The fraction of sp³-hybridized carbons (Fsp3) is 0.333. The Kier molecular flexibility index (Phi) is 5.01. The molecule has 0 saturated carbocycles. The van der Waals surface area contributed by atoms with Crippen LogP contribution in [0.2, 0.25) is 0 Å². The van der Waals surface area contributed by atoms with Crippen LogP contribution in [-0.2, 0) is 17.8 Å². The summed E-state index contributed by atoms with van der Waals surface area (Å²) in [4.78, 5) is 29.1. The molecule has 2 aliphatic rings. The monoisotopic (exact) mass is 389 g/mol. The number of carbonyl (C=O) groups is 2. The van der Waals surface area contributed by atoms with Crippen LogP contribution in [0.3, 0.4) is 0 Å². The van der Waals surface area contributed by atoms with Crippen molar-refractivity contribution in [3.63, 3.8) is 0 Å². The number of hydrogen-bond acceptors (Lipinski definition) is 3. The molecule has 2 aromatic rings. The highest BCUT2D eigenvalue weighted by Gasteiger charge is 2.33. The Morgan fingerprint density at radius 2 is 1.72 bits per heavy atom. The molecule has 1 N–H and O–H groups in total. The number of amides is 2. The zero-order chi connectivity index (χ0) is 20.6. The Morgan fingerprint density at radius 1 is 1.07 bits per heavy atom. The minimum atomic E-state index is -0.182. The summed E-state index contributed by atoms with van der Waals surface area (Å²) >= 11 is 0. The van der Waals surface area contributed by atoms with E-state index in [0.29, 0.717) is 17.8 Å². The van der Waals surface area contributed by atoms with Crippen LogP contribution in [0.1, 0.15) is 40.9 Å². The molecular weight excluding hydrogens is 362 g/mol. The van der Waals surface area contributed by atoms with Crippen molar-refractivity contribution in [1.82, 2.24) is 15.1 Å². The largest absolute Gasteiger partial charge is 0.353 e. The van der Waals surface area contributed by atoms with E-state index in [9.17, 15) is 9.59 Å². The van der Waals surface area contributed by atoms with E-state index in [1.165, 1.54) is 16.0 Å². The molecule has 0 unspecified atom stereocenters. The molecule has 29 heavy (non-hydrogen) atoms. The van der Waals surface area contributed by atoms with Crippen molar-refractivity contribution in [3.05, 3.63) is 77.4 Å². The first-order valence-corrected chi connectivity index (χ1v) is 10.1. The molecule has 0 aliphatic carbocycles. The Labute approximate surface area is 172 Å². The van der Waals surface area contributed by atoms with Gasteiger partial charge in [0.05, 0.1) is 0 Å². The average Bonchev–Trinajstić information content (AvgIpc) is 2.97. The summed E-state index contributed by atoms with van der Waals surface area (Å²) in [5.41, 5.74) is 4.59. The van der Waals surface area contributed by atoms with Crippen LogP contribution in [0, 0.1) is 0 Å². The quantitative estimate of drug-likeness (QED) is 0.855. The van der Waals surface area contributed by atoms with Crippen molar-refractivity contribution >= 4 is 17.5 Å². The molecule has 4 rings (SSSR count). The van der Waals surface area contributed by atoms with Gasteiger partial charge in [0.2, 0.25) is 5.91 Å². The van der Waals surface area contributed by atoms with E-state index in [1.807, 2.05) is 18.2 Å². The third kappa shape index (κ3) is 3.70. The molecule has 0 bridgehead atoms. The number of nitrogens with one attached hydrogen (secondary N) is 1. The normalized spacial score (nSPS) is 16.6. The van der Waals surface area contributed by atoms with E-state index in [4.69, 9.17) is 0 Å². The number of rotatable bonds is 5. The summed E-state index contributed by atoms with van der Waals surface area (Å²) in [7, 11) is 0. The van der Waals surface area contributed by atoms with E-state index in [-0.39, 0.29) is 23.9 Å². The molecule has 0 aromatic heterocycles. The van der Waals surface area contributed by atoms with Crippen molar-refractivity contribution in [2.45, 2.75) is 32.4 Å². The minimum absolute atomic E-state index is 0.00867. The van der Waals surface area contributed by atoms with Gasteiger partial charge in [-0.1, -0.05) is 49.0 Å². The molecule has 0 spiro atoms. The standard InChI is InChI=1S/C24H27N3O2/c1-17-20-10-6-7-11-21(20)23(29)27(17)15-22(28)25-16-24(2,3)26-13-12-18-8-4-5-9-19(18)14-26/h4-11H,1,12-16H2,2-3H3,(H,25,28). The van der Waals surface area contributed by atoms with Crippen LogP contribution in [0.25, 0.3) is 5.70 Å². The first-order chi connectivity index (χ1) is 13.9. The second-order valence-corrected chi connectivity index (χ2v) is 8.41. The topological polar surface area (TPSA) is 52.7 Å². The predicted molar refractivity (Wildman–Crippen MR) is 114 cm³/mol. The van der Waals surface area contributed by atoms with Gasteiger partial charge in [0.1, 0.15) is 6.54 Å². The van der Waals surface area contributed by atoms with Gasteiger partial charge >= 0.3 is 0 Å². The summed E-state index contributed by atoms with van der Waals surface area (Å²) in [6.45, 7) is 10.7. The van der Waals surface area contributed by atoms with Gasteiger partial charge in [-0.05, 0) is 37.5 Å². The summed E-state index contributed by atoms with van der Waals surface area (Å²) in [5.74, 6) is -0.328. The van der Waals surface area contributed by atoms with Gasteiger partial charge < -0.3 is 5.32 Å². The van der Waals surface area contributed by atoms with Crippen LogP contribution in [-0.4, -0.2) is 46.8 Å². The van der Waals surface area contributed by atoms with E-state index in [1.54, 1.807) is 6.07 Å². The Bertz CT molecular complexity index is 945. The van der Waals surface area contributed by atoms with Crippen LogP contribution in [0.15, 0.2) is 55.1 Å². The van der Waals surface area contributed by atoms with Gasteiger partial charge in [-0.3, -0.25) is 19.4 Å². The molecule has 2 aromatic carbocycles. The van der Waals surface area contributed by atoms with Gasteiger partial charge in [-0.25, -0.2) is 0 Å². The summed E-state index contributed by atoms with van der Waals surface area (Å²) in [6.07, 6.45) is 1.02. The number of benzene rings is 2. The van der Waals surface area contributed by atoms with Crippen LogP contribution >= 0.6 is 0 Å². The van der Waals surface area contributed by atoms with Crippen molar-refractivity contribution < 1.29 is 9.59 Å². The first-order valence-electron chi connectivity index (χ1n) is 10.1. The second kappa shape index (κ2) is 7.48. The van der Waals surface area contributed by atoms with Crippen LogP contribution in [0.4, 0.5) is 0 Å². The average molecular weight is 389 g/mol. The fourth-order valence-electron chi connectivity index (χ4n) is 4.14. The van der Waals surface area contributed by atoms with Gasteiger partial charge in [0, 0.05) is 42.0 Å². The first kappa shape index (κ1) is 19.4. The maximum absolute atomic E-state index is 12.6. The van der Waals surface area contributed by atoms with E-state index in [2.05, 4.69) is 54.9 Å². The molecule has 2 amide bonds. The van der Waals surface area contributed by atoms with Crippen molar-refractivity contribution in [2.75, 3.05) is 19.6 Å². The molecule has 0 atom stereocenters. The lowest BCUT2D eigenvalue weighted by molar-refractivity contribution is -0.121. The lowest BCUT2D eigenvalue weighted by atomic mass is 9.94. The maximum Gasteiger partial charge on any atom is 0.259 e. The molecule has 0 saturated heterocycles. The third-order valence-corrected chi connectivity index (χ3v) is 6.05. The van der Waals surface area contributed by atoms with Gasteiger partial charge in [-0.15, -0.1) is 0 Å². The number of fused-ring (bicyclic) bond motifs is 2. The van der Waals surface area contributed by atoms with Crippen molar-refractivity contribution in [1.29, 1.82) is 0 Å². The third-order valence-electron chi connectivity index (χ3n) is 6.05. The van der Waals surface area contributed by atoms with E-state index >= 15 is 0 Å². The fourth-order valence-corrected chi connectivity index (χ4v) is 4.14. The molecule has 150 valence electrons. The molecule has 2 heterocycles. The maximum atomic E-state index is 12.6. The number of nitrogens with zero attached hydrogens (tertiary/aromatic N) is 2. The SMILES string of the molecule is C=C1c2ccccc2C(=O)N1CC(=O)NCC(C)(C)N1CCc2ccccc2C1. The van der Waals surface area contributed by atoms with Gasteiger partial charge in [0.25, 0.3) is 5.91 Å². The minimum Gasteiger partial charge on any atom is -0.353 e. The van der Waals surface area contributed by atoms with Crippen molar-refractivity contribution in [2.24, 2.45) is 0 Å². The molecule has 5 nitrogen and oxygen atoms in total. The number of hydrogen-bond donors (Lipinski definition) is 1. The van der Waals surface area contributed by atoms with E-state index < -0.39 is 0 Å². The summed E-state index contributed by atoms with van der Waals surface area (Å²) in [6, 6.07) is 15.9. The van der Waals surface area contributed by atoms with Crippen LogP contribution in [0.5, 0.6) is 0 Å². The highest BCUT2D eigenvalue weighted by Crippen LogP contribution is 2.30. The smallest absolute Gasteiger partial charge is 0.259 e.